The van der Waals surface area contributed by atoms with Crippen molar-refractivity contribution in [3.05, 3.63) is 89.7 Å². The molecule has 0 saturated carbocycles. The number of rotatable bonds is 7. The van der Waals surface area contributed by atoms with Crippen molar-refractivity contribution < 1.29 is 14.3 Å². The molecule has 0 aliphatic carbocycles. The van der Waals surface area contributed by atoms with Gasteiger partial charge in [-0.05, 0) is 59.7 Å². The maximum atomic E-state index is 12.4. The molecule has 0 spiro atoms. The zero-order valence-corrected chi connectivity index (χ0v) is 15.0. The van der Waals surface area contributed by atoms with Gasteiger partial charge in [0.05, 0.1) is 0 Å². The zero-order valence-electron chi connectivity index (χ0n) is 15.0. The SMILES string of the molecule is COCOc1ccc(NC(=O)c2ccc(/C=C/c3ccncc3)cc2)cc1. The van der Waals surface area contributed by atoms with E-state index in [1.807, 2.05) is 36.4 Å². The van der Waals surface area contributed by atoms with Crippen LogP contribution in [0.3, 0.4) is 0 Å². The molecule has 3 aromatic rings. The summed E-state index contributed by atoms with van der Waals surface area (Å²) in [5.41, 5.74) is 3.38. The van der Waals surface area contributed by atoms with E-state index in [-0.39, 0.29) is 12.7 Å². The van der Waals surface area contributed by atoms with Crippen LogP contribution in [0.5, 0.6) is 5.75 Å². The van der Waals surface area contributed by atoms with Crippen molar-refractivity contribution in [3.63, 3.8) is 0 Å². The molecule has 136 valence electrons. The first-order valence-electron chi connectivity index (χ1n) is 8.46. The topological polar surface area (TPSA) is 60.5 Å². The first-order chi connectivity index (χ1) is 13.2. The molecular formula is C22H20N2O3. The van der Waals surface area contributed by atoms with Crippen LogP contribution in [0.4, 0.5) is 5.69 Å². The van der Waals surface area contributed by atoms with Crippen LogP contribution in [0.25, 0.3) is 12.2 Å². The number of aromatic nitrogens is 1. The van der Waals surface area contributed by atoms with Crippen LogP contribution >= 0.6 is 0 Å². The number of ether oxygens (including phenoxy) is 2. The minimum Gasteiger partial charge on any atom is -0.468 e. The summed E-state index contributed by atoms with van der Waals surface area (Å²) in [6.07, 6.45) is 7.51. The minimum absolute atomic E-state index is 0.162. The van der Waals surface area contributed by atoms with Crippen molar-refractivity contribution in [1.29, 1.82) is 0 Å². The molecule has 0 atom stereocenters. The van der Waals surface area contributed by atoms with E-state index in [9.17, 15) is 4.79 Å². The van der Waals surface area contributed by atoms with Crippen LogP contribution in [0.2, 0.25) is 0 Å². The molecule has 0 aliphatic rings. The molecular weight excluding hydrogens is 340 g/mol. The zero-order chi connectivity index (χ0) is 18.9. The molecule has 0 radical (unpaired) electrons. The molecule has 1 aromatic heterocycles. The Balaban J connectivity index is 1.59. The molecule has 1 N–H and O–H groups in total. The number of carbonyl (C=O) groups is 1. The van der Waals surface area contributed by atoms with Gasteiger partial charge in [-0.1, -0.05) is 24.3 Å². The Morgan fingerprint density at radius 3 is 2.19 bits per heavy atom. The summed E-state index contributed by atoms with van der Waals surface area (Å²) in [7, 11) is 1.56. The number of carbonyl (C=O) groups excluding carboxylic acids is 1. The highest BCUT2D eigenvalue weighted by molar-refractivity contribution is 6.04. The standard InChI is InChI=1S/C22H20N2O3/c1-26-16-27-21-10-8-20(9-11-21)24-22(25)19-6-4-17(5-7-19)2-3-18-12-14-23-15-13-18/h2-15H,16H2,1H3,(H,24,25)/b3-2+. The van der Waals surface area contributed by atoms with Crippen LogP contribution in [-0.4, -0.2) is 24.8 Å². The first-order valence-corrected chi connectivity index (χ1v) is 8.46. The van der Waals surface area contributed by atoms with E-state index in [0.717, 1.165) is 11.1 Å². The Morgan fingerprint density at radius 2 is 1.56 bits per heavy atom. The third kappa shape index (κ3) is 5.52. The van der Waals surface area contributed by atoms with Gasteiger partial charge in [-0.3, -0.25) is 9.78 Å². The molecule has 3 rings (SSSR count). The lowest BCUT2D eigenvalue weighted by Crippen LogP contribution is -2.11. The van der Waals surface area contributed by atoms with Crippen LogP contribution in [-0.2, 0) is 4.74 Å². The normalized spacial score (nSPS) is 10.7. The maximum Gasteiger partial charge on any atom is 0.255 e. The van der Waals surface area contributed by atoms with Crippen LogP contribution in [0.1, 0.15) is 21.5 Å². The number of benzene rings is 2. The Morgan fingerprint density at radius 1 is 0.926 bits per heavy atom. The molecule has 0 bridgehead atoms. The summed E-state index contributed by atoms with van der Waals surface area (Å²) in [4.78, 5) is 16.4. The molecule has 1 heterocycles. The van der Waals surface area contributed by atoms with Crippen molar-refractivity contribution in [3.8, 4) is 5.75 Å². The summed E-state index contributed by atoms with van der Waals surface area (Å²) in [6, 6.07) is 18.4. The number of methoxy groups -OCH3 is 1. The van der Waals surface area contributed by atoms with Crippen LogP contribution in [0, 0.1) is 0 Å². The number of anilines is 1. The van der Waals surface area contributed by atoms with Gasteiger partial charge in [0.1, 0.15) is 5.75 Å². The first kappa shape index (κ1) is 18.4. The summed E-state index contributed by atoms with van der Waals surface area (Å²) in [6.45, 7) is 0.188. The number of amides is 1. The fourth-order valence-corrected chi connectivity index (χ4v) is 2.38. The highest BCUT2D eigenvalue weighted by Crippen LogP contribution is 2.17. The van der Waals surface area contributed by atoms with Gasteiger partial charge >= 0.3 is 0 Å². The third-order valence-electron chi connectivity index (χ3n) is 3.80. The summed E-state index contributed by atoms with van der Waals surface area (Å²) < 4.78 is 10.2. The predicted octanol–water partition coefficient (Wildman–Crippen LogP) is 4.49. The molecule has 0 fully saturated rings. The van der Waals surface area contributed by atoms with Crippen LogP contribution < -0.4 is 10.1 Å². The van der Waals surface area contributed by atoms with Gasteiger partial charge in [0, 0.05) is 30.8 Å². The molecule has 0 aliphatic heterocycles. The summed E-state index contributed by atoms with van der Waals surface area (Å²) >= 11 is 0. The Bertz CT molecular complexity index is 889. The van der Waals surface area contributed by atoms with Crippen molar-refractivity contribution in [2.45, 2.75) is 0 Å². The lowest BCUT2D eigenvalue weighted by Gasteiger charge is -2.08. The van der Waals surface area contributed by atoms with E-state index in [0.29, 0.717) is 17.0 Å². The number of nitrogens with one attached hydrogen (secondary N) is 1. The van der Waals surface area contributed by atoms with Gasteiger partial charge in [-0.2, -0.15) is 0 Å². The van der Waals surface area contributed by atoms with Gasteiger partial charge in [0.2, 0.25) is 0 Å². The van der Waals surface area contributed by atoms with E-state index in [1.165, 1.54) is 0 Å². The predicted molar refractivity (Wildman–Crippen MR) is 107 cm³/mol. The highest BCUT2D eigenvalue weighted by atomic mass is 16.7. The second-order valence-corrected chi connectivity index (χ2v) is 5.77. The Hall–Kier alpha value is -3.44. The number of hydrogen-bond acceptors (Lipinski definition) is 4. The monoisotopic (exact) mass is 360 g/mol. The largest absolute Gasteiger partial charge is 0.468 e. The molecule has 27 heavy (non-hydrogen) atoms. The van der Waals surface area contributed by atoms with Crippen molar-refractivity contribution >= 4 is 23.7 Å². The van der Waals surface area contributed by atoms with Crippen molar-refractivity contribution in [2.24, 2.45) is 0 Å². The second kappa shape index (κ2) is 9.31. The summed E-state index contributed by atoms with van der Waals surface area (Å²) in [5.74, 6) is 0.519. The molecule has 1 amide bonds. The minimum atomic E-state index is -0.162. The second-order valence-electron chi connectivity index (χ2n) is 5.77. The lowest BCUT2D eigenvalue weighted by molar-refractivity contribution is 0.0511. The molecule has 5 nitrogen and oxygen atoms in total. The average molecular weight is 360 g/mol. The van der Waals surface area contributed by atoms with Gasteiger partial charge < -0.3 is 14.8 Å². The van der Waals surface area contributed by atoms with E-state index in [4.69, 9.17) is 9.47 Å². The Labute approximate surface area is 158 Å². The fraction of sp³-hybridized carbons (Fsp3) is 0.0909. The molecule has 2 aromatic carbocycles. The van der Waals surface area contributed by atoms with Crippen molar-refractivity contribution in [1.82, 2.24) is 4.98 Å². The smallest absolute Gasteiger partial charge is 0.255 e. The number of pyridine rings is 1. The van der Waals surface area contributed by atoms with E-state index in [2.05, 4.69) is 10.3 Å². The van der Waals surface area contributed by atoms with Gasteiger partial charge in [0.15, 0.2) is 6.79 Å². The quantitative estimate of drug-likeness (QED) is 0.631. The lowest BCUT2D eigenvalue weighted by atomic mass is 10.1. The van der Waals surface area contributed by atoms with Crippen LogP contribution in [0.15, 0.2) is 73.1 Å². The van der Waals surface area contributed by atoms with E-state index < -0.39 is 0 Å². The van der Waals surface area contributed by atoms with E-state index in [1.54, 1.807) is 55.9 Å². The summed E-state index contributed by atoms with van der Waals surface area (Å²) in [5, 5.41) is 2.87. The van der Waals surface area contributed by atoms with Gasteiger partial charge in [0.25, 0.3) is 5.91 Å². The maximum absolute atomic E-state index is 12.4. The highest BCUT2D eigenvalue weighted by Gasteiger charge is 2.06. The molecule has 0 saturated heterocycles. The number of hydrogen-bond donors (Lipinski definition) is 1. The average Bonchev–Trinajstić information content (AvgIpc) is 2.73. The van der Waals surface area contributed by atoms with Gasteiger partial charge in [-0.15, -0.1) is 0 Å². The number of nitrogens with zero attached hydrogens (tertiary/aromatic N) is 1. The van der Waals surface area contributed by atoms with Gasteiger partial charge in [-0.25, -0.2) is 0 Å². The molecule has 5 heteroatoms. The van der Waals surface area contributed by atoms with Crippen molar-refractivity contribution in [2.75, 3.05) is 19.2 Å². The molecule has 0 unspecified atom stereocenters. The Kier molecular flexibility index (Phi) is 6.33. The van der Waals surface area contributed by atoms with E-state index >= 15 is 0 Å². The third-order valence-corrected chi connectivity index (χ3v) is 3.80. The fourth-order valence-electron chi connectivity index (χ4n) is 2.38.